The summed E-state index contributed by atoms with van der Waals surface area (Å²) in [5.74, 6) is -0.0925. The van der Waals surface area contributed by atoms with Crippen molar-refractivity contribution in [3.05, 3.63) is 28.3 Å². The molecule has 0 aromatic heterocycles. The van der Waals surface area contributed by atoms with E-state index in [2.05, 4.69) is 0 Å². The molecule has 0 saturated heterocycles. The van der Waals surface area contributed by atoms with Crippen LogP contribution in [0.2, 0.25) is 0 Å². The molecule has 18 heavy (non-hydrogen) atoms. The van der Waals surface area contributed by atoms with Gasteiger partial charge in [0.05, 0.1) is 10.7 Å². The third kappa shape index (κ3) is 2.98. The summed E-state index contributed by atoms with van der Waals surface area (Å²) >= 11 is 0. The van der Waals surface area contributed by atoms with Gasteiger partial charge in [-0.15, -0.1) is 0 Å². The zero-order valence-electron chi connectivity index (χ0n) is 10.6. The molecule has 7 heteroatoms. The van der Waals surface area contributed by atoms with Crippen LogP contribution in [-0.2, 0) is 9.84 Å². The molecule has 100 valence electrons. The Morgan fingerprint density at radius 1 is 1.33 bits per heavy atom. The average molecular weight is 272 g/mol. The number of sulfone groups is 1. The highest BCUT2D eigenvalue weighted by molar-refractivity contribution is 7.91. The van der Waals surface area contributed by atoms with Crippen LogP contribution in [0.3, 0.4) is 0 Å². The third-order valence-corrected chi connectivity index (χ3v) is 4.41. The largest absolute Gasteiger partial charge is 0.378 e. The minimum absolute atomic E-state index is 0.0925. The molecular formula is C11H16N2O4S. The molecule has 1 aromatic rings. The minimum atomic E-state index is -3.61. The quantitative estimate of drug-likeness (QED) is 0.603. The summed E-state index contributed by atoms with van der Waals surface area (Å²) < 4.78 is 24.0. The van der Waals surface area contributed by atoms with Crippen molar-refractivity contribution in [3.63, 3.8) is 0 Å². The molecule has 0 bridgehead atoms. The van der Waals surface area contributed by atoms with Crippen LogP contribution in [-0.4, -0.2) is 33.2 Å². The van der Waals surface area contributed by atoms with Crippen molar-refractivity contribution in [1.29, 1.82) is 0 Å². The zero-order valence-corrected chi connectivity index (χ0v) is 11.4. The molecule has 0 aliphatic rings. The molecule has 6 nitrogen and oxygen atoms in total. The summed E-state index contributed by atoms with van der Waals surface area (Å²) in [4.78, 5) is 11.7. The lowest BCUT2D eigenvalue weighted by molar-refractivity contribution is -0.387. The number of nitro benzene ring substituents is 1. The fourth-order valence-electron chi connectivity index (χ4n) is 1.56. The van der Waals surface area contributed by atoms with E-state index in [1.807, 2.05) is 0 Å². The highest BCUT2D eigenvalue weighted by atomic mass is 32.2. The molecule has 0 fully saturated rings. The highest BCUT2D eigenvalue weighted by Gasteiger charge is 2.25. The van der Waals surface area contributed by atoms with Gasteiger partial charge in [-0.2, -0.15) is 0 Å². The van der Waals surface area contributed by atoms with Crippen molar-refractivity contribution in [1.82, 2.24) is 0 Å². The lowest BCUT2D eigenvalue weighted by Crippen LogP contribution is -2.13. The van der Waals surface area contributed by atoms with Crippen molar-refractivity contribution < 1.29 is 13.3 Å². The van der Waals surface area contributed by atoms with E-state index < -0.39 is 14.8 Å². The van der Waals surface area contributed by atoms with E-state index in [1.54, 1.807) is 25.9 Å². The lowest BCUT2D eigenvalue weighted by atomic mass is 10.2. The minimum Gasteiger partial charge on any atom is -0.378 e. The van der Waals surface area contributed by atoms with E-state index >= 15 is 0 Å². The second-order valence-corrected chi connectivity index (χ2v) is 6.20. The maximum Gasteiger partial charge on any atom is 0.288 e. The first-order valence-electron chi connectivity index (χ1n) is 5.48. The normalized spacial score (nSPS) is 11.3. The van der Waals surface area contributed by atoms with Gasteiger partial charge in [0, 0.05) is 25.8 Å². The standard InChI is InChI=1S/C11H16N2O4S/c1-4-7-18(16,17)11-8-9(12(2)3)5-6-10(11)13(14)15/h5-6,8H,4,7H2,1-3H3. The van der Waals surface area contributed by atoms with Gasteiger partial charge in [-0.25, -0.2) is 8.42 Å². The molecule has 0 aliphatic carbocycles. The molecule has 0 spiro atoms. The Bertz CT molecular complexity index is 552. The first-order valence-corrected chi connectivity index (χ1v) is 7.13. The Balaban J connectivity index is 3.46. The first kappa shape index (κ1) is 14.4. The second kappa shape index (κ2) is 5.34. The molecule has 0 radical (unpaired) electrons. The summed E-state index contributed by atoms with van der Waals surface area (Å²) in [5, 5.41) is 10.9. The fraction of sp³-hybridized carbons (Fsp3) is 0.455. The summed E-state index contributed by atoms with van der Waals surface area (Å²) in [6.45, 7) is 1.72. The number of benzene rings is 1. The Hall–Kier alpha value is -1.63. The monoisotopic (exact) mass is 272 g/mol. The van der Waals surface area contributed by atoms with Gasteiger partial charge >= 0.3 is 0 Å². The van der Waals surface area contributed by atoms with Gasteiger partial charge in [0.25, 0.3) is 5.69 Å². The summed E-state index contributed by atoms with van der Waals surface area (Å²) in [7, 11) is -0.116. The number of hydrogen-bond acceptors (Lipinski definition) is 5. The van der Waals surface area contributed by atoms with Gasteiger partial charge in [0.1, 0.15) is 4.90 Å². The van der Waals surface area contributed by atoms with Crippen LogP contribution in [0.4, 0.5) is 11.4 Å². The van der Waals surface area contributed by atoms with Crippen LogP contribution in [0.15, 0.2) is 23.1 Å². The Labute approximate surface area is 106 Å². The van der Waals surface area contributed by atoms with Gasteiger partial charge < -0.3 is 4.90 Å². The SMILES string of the molecule is CCCS(=O)(=O)c1cc(N(C)C)ccc1[N+](=O)[O-]. The van der Waals surface area contributed by atoms with Crippen molar-refractivity contribution in [2.24, 2.45) is 0 Å². The molecule has 0 unspecified atom stereocenters. The van der Waals surface area contributed by atoms with Crippen LogP contribution in [0.5, 0.6) is 0 Å². The molecule has 0 atom stereocenters. The van der Waals surface area contributed by atoms with Gasteiger partial charge in [-0.1, -0.05) is 6.92 Å². The van der Waals surface area contributed by atoms with E-state index in [1.165, 1.54) is 18.2 Å². The van der Waals surface area contributed by atoms with Crippen molar-refractivity contribution >= 4 is 21.2 Å². The topological polar surface area (TPSA) is 80.5 Å². The number of hydrogen-bond donors (Lipinski definition) is 0. The Kier molecular flexibility index (Phi) is 4.28. The summed E-state index contributed by atoms with van der Waals surface area (Å²) in [6.07, 6.45) is 0.422. The molecule has 0 aliphatic heterocycles. The Morgan fingerprint density at radius 2 is 1.94 bits per heavy atom. The van der Waals surface area contributed by atoms with Gasteiger partial charge in [0.15, 0.2) is 9.84 Å². The lowest BCUT2D eigenvalue weighted by Gasteiger charge is -2.13. The number of rotatable bonds is 5. The molecule has 0 saturated carbocycles. The van der Waals surface area contributed by atoms with Crippen LogP contribution in [0.1, 0.15) is 13.3 Å². The molecule has 1 aromatic carbocycles. The number of nitrogens with zero attached hydrogens (tertiary/aromatic N) is 2. The van der Waals surface area contributed by atoms with Crippen molar-refractivity contribution in [2.45, 2.75) is 18.2 Å². The van der Waals surface area contributed by atoms with E-state index in [-0.39, 0.29) is 16.3 Å². The van der Waals surface area contributed by atoms with Crippen LogP contribution >= 0.6 is 0 Å². The van der Waals surface area contributed by atoms with E-state index in [4.69, 9.17) is 0 Å². The molecule has 0 heterocycles. The van der Waals surface area contributed by atoms with Gasteiger partial charge in [-0.3, -0.25) is 10.1 Å². The van der Waals surface area contributed by atoms with Gasteiger partial charge in [0.2, 0.25) is 0 Å². The van der Waals surface area contributed by atoms with E-state index in [0.717, 1.165) is 0 Å². The maximum absolute atomic E-state index is 12.0. The zero-order chi connectivity index (χ0) is 13.9. The summed E-state index contributed by atoms with van der Waals surface area (Å²) in [5.41, 5.74) is 0.254. The molecule has 0 N–H and O–H groups in total. The fourth-order valence-corrected chi connectivity index (χ4v) is 3.08. The van der Waals surface area contributed by atoms with Crippen molar-refractivity contribution in [3.8, 4) is 0 Å². The van der Waals surface area contributed by atoms with Crippen LogP contribution in [0, 0.1) is 10.1 Å². The number of anilines is 1. The van der Waals surface area contributed by atoms with Crippen molar-refractivity contribution in [2.75, 3.05) is 24.7 Å². The van der Waals surface area contributed by atoms with E-state index in [9.17, 15) is 18.5 Å². The van der Waals surface area contributed by atoms with Crippen LogP contribution in [0.25, 0.3) is 0 Å². The molecular weight excluding hydrogens is 256 g/mol. The van der Waals surface area contributed by atoms with Crippen LogP contribution < -0.4 is 4.90 Å². The summed E-state index contributed by atoms with van der Waals surface area (Å²) in [6, 6.07) is 4.12. The van der Waals surface area contributed by atoms with Gasteiger partial charge in [-0.05, 0) is 18.6 Å². The van der Waals surface area contributed by atoms with E-state index in [0.29, 0.717) is 12.1 Å². The third-order valence-electron chi connectivity index (χ3n) is 2.46. The first-order chi connectivity index (χ1) is 8.29. The average Bonchev–Trinajstić information content (AvgIpc) is 2.27. The smallest absolute Gasteiger partial charge is 0.288 e. The second-order valence-electron chi connectivity index (χ2n) is 4.12. The molecule has 1 rings (SSSR count). The predicted octanol–water partition coefficient (Wildman–Crippen LogP) is 1.84. The number of nitro groups is 1. The Morgan fingerprint density at radius 3 is 2.39 bits per heavy atom. The maximum atomic E-state index is 12.0. The highest BCUT2D eigenvalue weighted by Crippen LogP contribution is 2.29. The predicted molar refractivity (Wildman–Crippen MR) is 69.8 cm³/mol. The molecule has 0 amide bonds.